The Morgan fingerprint density at radius 1 is 1.06 bits per heavy atom. The Morgan fingerprint density at radius 2 is 1.90 bits per heavy atom. The molecule has 31 heavy (non-hydrogen) atoms. The van der Waals surface area contributed by atoms with Crippen LogP contribution in [-0.4, -0.2) is 15.3 Å². The average molecular weight is 434 g/mol. The minimum Gasteiger partial charge on any atom is -0.487 e. The summed E-state index contributed by atoms with van der Waals surface area (Å²) < 4.78 is 7.44. The number of hydrogen-bond acceptors (Lipinski definition) is 4. The molecule has 0 aliphatic carbocycles. The number of fused-ring (bicyclic) bond motifs is 1. The van der Waals surface area contributed by atoms with Crippen LogP contribution in [0.25, 0.3) is 5.65 Å². The van der Waals surface area contributed by atoms with Crippen molar-refractivity contribution >= 4 is 28.8 Å². The van der Waals surface area contributed by atoms with Crippen molar-refractivity contribution < 1.29 is 9.53 Å². The monoisotopic (exact) mass is 433 g/mol. The number of anilines is 1. The molecule has 6 nitrogen and oxygen atoms in total. The first-order valence-corrected chi connectivity index (χ1v) is 10.1. The minimum atomic E-state index is -0.267. The molecule has 0 atom stereocenters. The number of rotatable bonds is 5. The molecule has 4 rings (SSSR count). The Morgan fingerprint density at radius 3 is 2.71 bits per heavy atom. The van der Waals surface area contributed by atoms with Gasteiger partial charge in [-0.05, 0) is 55.3 Å². The average Bonchev–Trinajstić information content (AvgIpc) is 2.75. The lowest BCUT2D eigenvalue weighted by atomic mass is 10.1. The van der Waals surface area contributed by atoms with E-state index in [1.54, 1.807) is 42.6 Å². The topological polar surface area (TPSA) is 72.7 Å². The highest BCUT2D eigenvalue weighted by Gasteiger charge is 2.10. The zero-order valence-electron chi connectivity index (χ0n) is 17.1. The van der Waals surface area contributed by atoms with Crippen LogP contribution >= 0.6 is 11.6 Å². The molecular formula is C24H20ClN3O3. The van der Waals surface area contributed by atoms with Crippen LogP contribution in [0.15, 0.2) is 71.7 Å². The molecule has 0 saturated heterocycles. The van der Waals surface area contributed by atoms with Gasteiger partial charge in [0.05, 0.1) is 5.69 Å². The van der Waals surface area contributed by atoms with E-state index in [-0.39, 0.29) is 18.1 Å². The van der Waals surface area contributed by atoms with E-state index in [0.717, 1.165) is 11.1 Å². The molecular weight excluding hydrogens is 414 g/mol. The summed E-state index contributed by atoms with van der Waals surface area (Å²) in [7, 11) is 0. The van der Waals surface area contributed by atoms with Gasteiger partial charge in [0, 0.05) is 34.6 Å². The Labute approximate surface area is 184 Å². The smallest absolute Gasteiger partial charge is 0.258 e. The second kappa shape index (κ2) is 8.62. The quantitative estimate of drug-likeness (QED) is 0.491. The van der Waals surface area contributed by atoms with Crippen molar-refractivity contribution in [1.82, 2.24) is 9.38 Å². The first-order chi connectivity index (χ1) is 14.9. The molecule has 1 amide bonds. The molecule has 4 aromatic rings. The minimum absolute atomic E-state index is 0.132. The van der Waals surface area contributed by atoms with E-state index in [2.05, 4.69) is 10.3 Å². The molecule has 0 bridgehead atoms. The molecule has 0 saturated carbocycles. The number of amides is 1. The van der Waals surface area contributed by atoms with Gasteiger partial charge in [0.2, 0.25) is 0 Å². The van der Waals surface area contributed by atoms with Crippen molar-refractivity contribution in [2.75, 3.05) is 5.32 Å². The van der Waals surface area contributed by atoms with E-state index in [9.17, 15) is 9.59 Å². The van der Waals surface area contributed by atoms with Crippen LogP contribution < -0.4 is 15.6 Å². The highest BCUT2D eigenvalue weighted by Crippen LogP contribution is 2.24. The summed E-state index contributed by atoms with van der Waals surface area (Å²) in [5.41, 5.74) is 3.84. The molecule has 2 aromatic heterocycles. The molecule has 156 valence electrons. The number of carbonyl (C=O) groups excluding carboxylic acids is 1. The third-order valence-electron chi connectivity index (χ3n) is 4.85. The van der Waals surface area contributed by atoms with Crippen molar-refractivity contribution in [2.24, 2.45) is 0 Å². The van der Waals surface area contributed by atoms with Crippen LogP contribution in [0.5, 0.6) is 5.75 Å². The molecule has 7 heteroatoms. The molecule has 2 aromatic carbocycles. The van der Waals surface area contributed by atoms with E-state index in [1.165, 1.54) is 10.5 Å². The number of nitrogens with one attached hydrogen (secondary N) is 1. The summed E-state index contributed by atoms with van der Waals surface area (Å²) in [6.07, 6.45) is 1.69. The number of aromatic nitrogens is 2. The molecule has 0 unspecified atom stereocenters. The number of ether oxygens (including phenoxy) is 1. The van der Waals surface area contributed by atoms with Crippen LogP contribution in [0.2, 0.25) is 5.02 Å². The van der Waals surface area contributed by atoms with Gasteiger partial charge in [0.1, 0.15) is 18.0 Å². The highest BCUT2D eigenvalue weighted by molar-refractivity contribution is 6.31. The van der Waals surface area contributed by atoms with Crippen molar-refractivity contribution in [3.63, 3.8) is 0 Å². The van der Waals surface area contributed by atoms with Crippen LogP contribution in [0, 0.1) is 13.8 Å². The van der Waals surface area contributed by atoms with Gasteiger partial charge in [-0.15, -0.1) is 0 Å². The van der Waals surface area contributed by atoms with Crippen molar-refractivity contribution in [3.05, 3.63) is 105 Å². The maximum absolute atomic E-state index is 12.5. The van der Waals surface area contributed by atoms with Crippen LogP contribution in [0.3, 0.4) is 0 Å². The summed E-state index contributed by atoms with van der Waals surface area (Å²) in [5.74, 6) is 0.327. The second-order valence-corrected chi connectivity index (χ2v) is 7.64. The van der Waals surface area contributed by atoms with Crippen LogP contribution in [-0.2, 0) is 6.61 Å². The lowest BCUT2D eigenvalue weighted by molar-refractivity contribution is 0.102. The Bertz CT molecular complexity index is 1350. The maximum Gasteiger partial charge on any atom is 0.258 e. The van der Waals surface area contributed by atoms with Crippen LogP contribution in [0.1, 0.15) is 27.2 Å². The molecule has 0 radical (unpaired) electrons. The van der Waals surface area contributed by atoms with Gasteiger partial charge in [0.25, 0.3) is 11.5 Å². The summed E-state index contributed by atoms with van der Waals surface area (Å²) in [4.78, 5) is 29.4. The number of carbonyl (C=O) groups is 1. The fourth-order valence-corrected chi connectivity index (χ4v) is 3.39. The van der Waals surface area contributed by atoms with Gasteiger partial charge in [-0.3, -0.25) is 14.0 Å². The number of benzene rings is 2. The van der Waals surface area contributed by atoms with Crippen molar-refractivity contribution in [3.8, 4) is 5.75 Å². The third kappa shape index (κ3) is 4.59. The Hall–Kier alpha value is -3.64. The summed E-state index contributed by atoms with van der Waals surface area (Å²) >= 11 is 5.96. The Balaban J connectivity index is 1.53. The largest absolute Gasteiger partial charge is 0.487 e. The zero-order chi connectivity index (χ0) is 22.0. The lowest BCUT2D eigenvalue weighted by Gasteiger charge is -2.12. The van der Waals surface area contributed by atoms with Crippen molar-refractivity contribution in [2.45, 2.75) is 20.5 Å². The fraction of sp³-hybridized carbons (Fsp3) is 0.125. The zero-order valence-corrected chi connectivity index (χ0v) is 17.8. The van der Waals surface area contributed by atoms with Crippen LogP contribution in [0.4, 0.5) is 5.69 Å². The first kappa shape index (κ1) is 20.6. The standard InChI is InChI=1S/C24H20ClN3O3/c1-15-8-9-19(27-24(30)17-6-3-7-18(25)11-17)12-21(15)31-14-20-13-22(29)28-10-4-5-16(2)23(28)26-20/h3-13H,14H2,1-2H3,(H,27,30). The third-order valence-corrected chi connectivity index (χ3v) is 5.08. The molecule has 1 N–H and O–H groups in total. The first-order valence-electron chi connectivity index (χ1n) is 9.69. The van der Waals surface area contributed by atoms with Gasteiger partial charge in [-0.2, -0.15) is 0 Å². The lowest BCUT2D eigenvalue weighted by Crippen LogP contribution is -2.17. The molecule has 2 heterocycles. The van der Waals surface area contributed by atoms with E-state index in [1.807, 2.05) is 32.0 Å². The number of aryl methyl sites for hydroxylation is 2. The van der Waals surface area contributed by atoms with Gasteiger partial charge in [0.15, 0.2) is 0 Å². The number of halogens is 1. The fourth-order valence-electron chi connectivity index (χ4n) is 3.20. The van der Waals surface area contributed by atoms with Gasteiger partial charge < -0.3 is 10.1 Å². The maximum atomic E-state index is 12.5. The summed E-state index contributed by atoms with van der Waals surface area (Å²) in [6, 6.07) is 17.3. The molecule has 0 aliphatic heterocycles. The van der Waals surface area contributed by atoms with E-state index in [0.29, 0.717) is 33.4 Å². The highest BCUT2D eigenvalue weighted by atomic mass is 35.5. The second-order valence-electron chi connectivity index (χ2n) is 7.20. The number of pyridine rings is 1. The van der Waals surface area contributed by atoms with Crippen molar-refractivity contribution in [1.29, 1.82) is 0 Å². The van der Waals surface area contributed by atoms with E-state index in [4.69, 9.17) is 16.3 Å². The van der Waals surface area contributed by atoms with E-state index < -0.39 is 0 Å². The normalized spacial score (nSPS) is 10.8. The molecule has 0 fully saturated rings. The van der Waals surface area contributed by atoms with Gasteiger partial charge in [-0.1, -0.05) is 29.8 Å². The SMILES string of the molecule is Cc1ccc(NC(=O)c2cccc(Cl)c2)cc1OCc1cc(=O)n2cccc(C)c2n1. The molecule has 0 aliphatic rings. The summed E-state index contributed by atoms with van der Waals surface area (Å²) in [5, 5.41) is 3.34. The summed E-state index contributed by atoms with van der Waals surface area (Å²) in [6.45, 7) is 3.94. The Kier molecular flexibility index (Phi) is 5.73. The number of hydrogen-bond donors (Lipinski definition) is 1. The number of nitrogens with zero attached hydrogens (tertiary/aromatic N) is 2. The van der Waals surface area contributed by atoms with Gasteiger partial charge in [-0.25, -0.2) is 4.98 Å². The van der Waals surface area contributed by atoms with Gasteiger partial charge >= 0.3 is 0 Å². The predicted octanol–water partition coefficient (Wildman–Crippen LogP) is 4.80. The van der Waals surface area contributed by atoms with E-state index >= 15 is 0 Å². The predicted molar refractivity (Wildman–Crippen MR) is 121 cm³/mol. The molecule has 0 spiro atoms.